The van der Waals surface area contributed by atoms with E-state index < -0.39 is 17.9 Å². The van der Waals surface area contributed by atoms with Gasteiger partial charge in [0.05, 0.1) is 6.61 Å². The zero-order chi connectivity index (χ0) is 17.4. The van der Waals surface area contributed by atoms with Crippen molar-refractivity contribution in [3.8, 4) is 5.75 Å². The molecule has 2 rings (SSSR count). The highest BCUT2D eigenvalue weighted by Crippen LogP contribution is 2.14. The second-order valence-electron chi connectivity index (χ2n) is 5.43. The van der Waals surface area contributed by atoms with Crippen LogP contribution in [0.25, 0.3) is 0 Å². The molecule has 0 saturated heterocycles. The van der Waals surface area contributed by atoms with Crippen LogP contribution in [0.4, 0.5) is 0 Å². The van der Waals surface area contributed by atoms with Crippen molar-refractivity contribution in [2.75, 3.05) is 6.61 Å². The van der Waals surface area contributed by atoms with Crippen LogP contribution >= 0.6 is 0 Å². The zero-order valence-corrected chi connectivity index (χ0v) is 13.6. The van der Waals surface area contributed by atoms with Gasteiger partial charge in [0, 0.05) is 12.0 Å². The van der Waals surface area contributed by atoms with Crippen LogP contribution in [-0.2, 0) is 11.2 Å². The van der Waals surface area contributed by atoms with E-state index in [9.17, 15) is 14.7 Å². The second kappa shape index (κ2) is 8.72. The van der Waals surface area contributed by atoms with Gasteiger partial charge in [0.2, 0.25) is 0 Å². The predicted octanol–water partition coefficient (Wildman–Crippen LogP) is 2.90. The molecule has 2 N–H and O–H groups in total. The van der Waals surface area contributed by atoms with Crippen molar-refractivity contribution in [1.82, 2.24) is 5.32 Å². The fourth-order valence-electron chi connectivity index (χ4n) is 2.24. The average Bonchev–Trinajstić information content (AvgIpc) is 2.60. The molecule has 5 nitrogen and oxygen atoms in total. The van der Waals surface area contributed by atoms with Gasteiger partial charge in [0.1, 0.15) is 11.8 Å². The maximum Gasteiger partial charge on any atom is 0.326 e. The topological polar surface area (TPSA) is 75.6 Å². The van der Waals surface area contributed by atoms with Crippen LogP contribution in [0.2, 0.25) is 0 Å². The molecule has 2 aromatic carbocycles. The summed E-state index contributed by atoms with van der Waals surface area (Å²) in [5.41, 5.74) is 1.23. The van der Waals surface area contributed by atoms with Gasteiger partial charge in [-0.3, -0.25) is 4.79 Å². The Morgan fingerprint density at radius 2 is 1.88 bits per heavy atom. The summed E-state index contributed by atoms with van der Waals surface area (Å²) in [6.07, 6.45) is 1.10. The first kappa shape index (κ1) is 17.5. The molecule has 24 heavy (non-hydrogen) atoms. The van der Waals surface area contributed by atoms with Crippen molar-refractivity contribution in [3.05, 3.63) is 65.7 Å². The summed E-state index contributed by atoms with van der Waals surface area (Å²) in [6, 6.07) is 15.0. The molecule has 0 aromatic heterocycles. The summed E-state index contributed by atoms with van der Waals surface area (Å²) in [5.74, 6) is -0.898. The van der Waals surface area contributed by atoms with Crippen LogP contribution in [0, 0.1) is 0 Å². The molecule has 0 spiro atoms. The number of carbonyl (C=O) groups excluding carboxylic acids is 1. The van der Waals surface area contributed by atoms with Gasteiger partial charge in [-0.1, -0.05) is 43.3 Å². The van der Waals surface area contributed by atoms with E-state index in [1.54, 1.807) is 24.3 Å². The normalized spacial score (nSPS) is 11.5. The zero-order valence-electron chi connectivity index (χ0n) is 13.6. The number of nitrogens with one attached hydrogen (secondary N) is 1. The molecule has 0 aliphatic rings. The second-order valence-corrected chi connectivity index (χ2v) is 5.43. The number of carboxylic acid groups (broad SMARTS) is 1. The Hall–Kier alpha value is -2.82. The molecule has 0 bridgehead atoms. The van der Waals surface area contributed by atoms with Gasteiger partial charge in [0.15, 0.2) is 0 Å². The summed E-state index contributed by atoms with van der Waals surface area (Å²) >= 11 is 0. The summed E-state index contributed by atoms with van der Waals surface area (Å²) in [7, 11) is 0. The molecule has 2 aromatic rings. The molecule has 0 saturated carbocycles. The van der Waals surface area contributed by atoms with Gasteiger partial charge in [-0.25, -0.2) is 4.79 Å². The fourth-order valence-corrected chi connectivity index (χ4v) is 2.24. The highest BCUT2D eigenvalue weighted by Gasteiger charge is 2.21. The van der Waals surface area contributed by atoms with Crippen molar-refractivity contribution in [3.63, 3.8) is 0 Å². The lowest BCUT2D eigenvalue weighted by Gasteiger charge is -2.15. The number of carboxylic acids is 1. The molecule has 0 fully saturated rings. The van der Waals surface area contributed by atoms with E-state index >= 15 is 0 Å². The van der Waals surface area contributed by atoms with Crippen LogP contribution in [-0.4, -0.2) is 29.6 Å². The summed E-state index contributed by atoms with van der Waals surface area (Å²) < 4.78 is 5.50. The summed E-state index contributed by atoms with van der Waals surface area (Å²) in [5, 5.41) is 11.9. The highest BCUT2D eigenvalue weighted by molar-refractivity contribution is 5.96. The van der Waals surface area contributed by atoms with Gasteiger partial charge in [-0.15, -0.1) is 0 Å². The maximum atomic E-state index is 12.3. The molecule has 126 valence electrons. The number of hydrogen-bond donors (Lipinski definition) is 2. The number of aliphatic carboxylic acids is 1. The minimum Gasteiger partial charge on any atom is -0.494 e. The number of hydrogen-bond acceptors (Lipinski definition) is 3. The Bertz CT molecular complexity index is 685. The largest absolute Gasteiger partial charge is 0.494 e. The first-order valence-electron chi connectivity index (χ1n) is 7.90. The molecule has 1 atom stereocenters. The third-order valence-corrected chi connectivity index (χ3v) is 3.46. The van der Waals surface area contributed by atoms with E-state index in [0.29, 0.717) is 17.9 Å². The van der Waals surface area contributed by atoms with Crippen molar-refractivity contribution >= 4 is 11.9 Å². The number of benzene rings is 2. The molecule has 5 heteroatoms. The van der Waals surface area contributed by atoms with Crippen LogP contribution < -0.4 is 10.1 Å². The number of rotatable bonds is 8. The van der Waals surface area contributed by atoms with Crippen LogP contribution in [0.1, 0.15) is 29.3 Å². The van der Waals surface area contributed by atoms with Crippen LogP contribution in [0.3, 0.4) is 0 Å². The Labute approximate surface area is 141 Å². The third kappa shape index (κ3) is 5.12. The van der Waals surface area contributed by atoms with Crippen LogP contribution in [0.5, 0.6) is 5.75 Å². The first-order chi connectivity index (χ1) is 11.6. The monoisotopic (exact) mass is 327 g/mol. The lowest BCUT2D eigenvalue weighted by atomic mass is 10.1. The molecule has 0 heterocycles. The Morgan fingerprint density at radius 1 is 1.12 bits per heavy atom. The van der Waals surface area contributed by atoms with Crippen molar-refractivity contribution in [1.29, 1.82) is 0 Å². The summed E-state index contributed by atoms with van der Waals surface area (Å²) in [4.78, 5) is 23.8. The Kier molecular flexibility index (Phi) is 6.37. The predicted molar refractivity (Wildman–Crippen MR) is 91.3 cm³/mol. The SMILES string of the molecule is CCCOc1cccc(C(=O)N[C@@H](Cc2ccccc2)C(=O)O)c1. The minimum absolute atomic E-state index is 0.230. The van der Waals surface area contributed by atoms with E-state index in [1.807, 2.05) is 37.3 Å². The van der Waals surface area contributed by atoms with Gasteiger partial charge >= 0.3 is 5.97 Å². The van der Waals surface area contributed by atoms with Crippen LogP contribution in [0.15, 0.2) is 54.6 Å². The van der Waals surface area contributed by atoms with E-state index in [-0.39, 0.29) is 6.42 Å². The minimum atomic E-state index is -1.06. The lowest BCUT2D eigenvalue weighted by molar-refractivity contribution is -0.139. The van der Waals surface area contributed by atoms with Crippen molar-refractivity contribution in [2.24, 2.45) is 0 Å². The molecule has 0 unspecified atom stereocenters. The molecular formula is C19H21NO4. The molecule has 0 aliphatic heterocycles. The quantitative estimate of drug-likeness (QED) is 0.782. The van der Waals surface area contributed by atoms with E-state index in [0.717, 1.165) is 12.0 Å². The fraction of sp³-hybridized carbons (Fsp3) is 0.263. The van der Waals surface area contributed by atoms with Gasteiger partial charge in [0.25, 0.3) is 5.91 Å². The maximum absolute atomic E-state index is 12.3. The molecular weight excluding hydrogens is 306 g/mol. The van der Waals surface area contributed by atoms with Gasteiger partial charge < -0.3 is 15.2 Å². The smallest absolute Gasteiger partial charge is 0.326 e. The van der Waals surface area contributed by atoms with E-state index in [4.69, 9.17) is 4.74 Å². The summed E-state index contributed by atoms with van der Waals surface area (Å²) in [6.45, 7) is 2.56. The number of amides is 1. The van der Waals surface area contributed by atoms with Crippen molar-refractivity contribution in [2.45, 2.75) is 25.8 Å². The highest BCUT2D eigenvalue weighted by atomic mass is 16.5. The van der Waals surface area contributed by atoms with Gasteiger partial charge in [-0.05, 0) is 30.2 Å². The third-order valence-electron chi connectivity index (χ3n) is 3.46. The first-order valence-corrected chi connectivity index (χ1v) is 7.90. The standard InChI is InChI=1S/C19H21NO4/c1-2-11-24-16-10-6-9-15(13-16)18(21)20-17(19(22)23)12-14-7-4-3-5-8-14/h3-10,13,17H,2,11-12H2,1H3,(H,20,21)(H,22,23)/t17-/m0/s1. The number of ether oxygens (including phenoxy) is 1. The average molecular weight is 327 g/mol. The Morgan fingerprint density at radius 3 is 2.54 bits per heavy atom. The van der Waals surface area contributed by atoms with E-state index in [2.05, 4.69) is 5.32 Å². The molecule has 0 aliphatic carbocycles. The van der Waals surface area contributed by atoms with E-state index in [1.165, 1.54) is 0 Å². The lowest BCUT2D eigenvalue weighted by Crippen LogP contribution is -2.42. The molecule has 1 amide bonds. The Balaban J connectivity index is 2.06. The van der Waals surface area contributed by atoms with Gasteiger partial charge in [-0.2, -0.15) is 0 Å². The molecule has 0 radical (unpaired) electrons. The number of carbonyl (C=O) groups is 2. The van der Waals surface area contributed by atoms with Crippen molar-refractivity contribution < 1.29 is 19.4 Å².